The summed E-state index contributed by atoms with van der Waals surface area (Å²) in [4.78, 5) is 13.0. The van der Waals surface area contributed by atoms with Crippen molar-refractivity contribution in [2.24, 2.45) is 0 Å². The van der Waals surface area contributed by atoms with Crippen LogP contribution in [0.3, 0.4) is 0 Å². The molecule has 0 saturated carbocycles. The summed E-state index contributed by atoms with van der Waals surface area (Å²) in [5.74, 6) is -0.619. The van der Waals surface area contributed by atoms with E-state index in [4.69, 9.17) is 4.74 Å². The second-order valence-electron chi connectivity index (χ2n) is 6.58. The van der Waals surface area contributed by atoms with Gasteiger partial charge in [-0.2, -0.15) is 17.5 Å². The van der Waals surface area contributed by atoms with Crippen molar-refractivity contribution < 1.29 is 31.1 Å². The summed E-state index contributed by atoms with van der Waals surface area (Å²) < 4.78 is 72.0. The Morgan fingerprint density at radius 1 is 1.14 bits per heavy atom. The third kappa shape index (κ3) is 4.11. The van der Waals surface area contributed by atoms with E-state index < -0.39 is 39.7 Å². The van der Waals surface area contributed by atoms with E-state index in [1.807, 2.05) is 0 Å². The molecular formula is C19H17BrF3NO4S. The number of nitrogens with zero attached hydrogens (tertiary/aromatic N) is 1. The number of hydrogen-bond acceptors (Lipinski definition) is 4. The van der Waals surface area contributed by atoms with Crippen LogP contribution in [0, 0.1) is 0 Å². The van der Waals surface area contributed by atoms with E-state index in [1.54, 1.807) is 12.1 Å². The summed E-state index contributed by atoms with van der Waals surface area (Å²) in [7, 11) is -2.69. The van der Waals surface area contributed by atoms with E-state index in [9.17, 15) is 26.4 Å². The van der Waals surface area contributed by atoms with E-state index >= 15 is 0 Å². The van der Waals surface area contributed by atoms with Crippen molar-refractivity contribution in [1.29, 1.82) is 0 Å². The van der Waals surface area contributed by atoms with Crippen LogP contribution < -0.4 is 0 Å². The average Bonchev–Trinajstić information content (AvgIpc) is 2.68. The van der Waals surface area contributed by atoms with E-state index in [1.165, 1.54) is 31.4 Å². The molecule has 0 aromatic heterocycles. The number of Topliss-reactive ketones (excluding diaryl/α,β-unsaturated/α-hetero) is 1. The minimum Gasteiger partial charge on any atom is -0.366 e. The Morgan fingerprint density at radius 3 is 2.34 bits per heavy atom. The normalized spacial score (nSPS) is 21.3. The number of methoxy groups -OCH3 is 1. The van der Waals surface area contributed by atoms with E-state index in [-0.39, 0.29) is 23.4 Å². The molecule has 1 fully saturated rings. The van der Waals surface area contributed by atoms with Crippen molar-refractivity contribution in [2.75, 3.05) is 20.2 Å². The lowest BCUT2D eigenvalue weighted by molar-refractivity contribution is -0.148. The van der Waals surface area contributed by atoms with Crippen LogP contribution >= 0.6 is 15.9 Å². The first-order chi connectivity index (χ1) is 13.5. The second-order valence-corrected chi connectivity index (χ2v) is 9.43. The highest BCUT2D eigenvalue weighted by atomic mass is 79.9. The molecule has 0 amide bonds. The predicted octanol–water partition coefficient (Wildman–Crippen LogP) is 3.97. The zero-order chi connectivity index (χ0) is 21.4. The standard InChI is InChI=1S/C19H17BrF3NO4S/c1-28-18(13-3-2-4-14(11-13)19(21,22)23)9-10-24(12-17(18)25)29(26,27)16-7-5-15(20)6-8-16/h2-8,11H,9-10,12H2,1H3. The Kier molecular flexibility index (Phi) is 5.92. The number of piperidine rings is 1. The van der Waals surface area contributed by atoms with Crippen LogP contribution in [-0.2, 0) is 31.3 Å². The molecule has 1 aliphatic rings. The average molecular weight is 492 g/mol. The second kappa shape index (κ2) is 7.82. The van der Waals surface area contributed by atoms with Crippen molar-refractivity contribution in [2.45, 2.75) is 23.1 Å². The highest BCUT2D eigenvalue weighted by Gasteiger charge is 2.47. The Bertz CT molecular complexity index is 1020. The molecule has 1 atom stereocenters. The first-order valence-corrected chi connectivity index (χ1v) is 10.8. The van der Waals surface area contributed by atoms with Gasteiger partial charge in [-0.05, 0) is 42.0 Å². The van der Waals surface area contributed by atoms with E-state index in [2.05, 4.69) is 15.9 Å². The first kappa shape index (κ1) is 21.9. The lowest BCUT2D eigenvalue weighted by atomic mass is 9.83. The van der Waals surface area contributed by atoms with Crippen LogP contribution in [0.4, 0.5) is 13.2 Å². The van der Waals surface area contributed by atoms with E-state index in [0.29, 0.717) is 4.47 Å². The predicted molar refractivity (Wildman–Crippen MR) is 103 cm³/mol. The Labute approximate surface area is 174 Å². The van der Waals surface area contributed by atoms with Gasteiger partial charge in [0.25, 0.3) is 0 Å². The first-order valence-electron chi connectivity index (χ1n) is 8.52. The molecule has 2 aromatic rings. The number of halogens is 4. The monoisotopic (exact) mass is 491 g/mol. The fourth-order valence-electron chi connectivity index (χ4n) is 3.34. The number of hydrogen-bond donors (Lipinski definition) is 0. The van der Waals surface area contributed by atoms with Gasteiger partial charge in [-0.1, -0.05) is 28.1 Å². The van der Waals surface area contributed by atoms with Gasteiger partial charge in [-0.15, -0.1) is 0 Å². The van der Waals surface area contributed by atoms with Gasteiger partial charge in [0.15, 0.2) is 11.4 Å². The summed E-state index contributed by atoms with van der Waals surface area (Å²) in [5.41, 5.74) is -2.47. The molecule has 156 valence electrons. The SMILES string of the molecule is COC1(c2cccc(C(F)(F)F)c2)CCN(S(=O)(=O)c2ccc(Br)cc2)CC1=O. The number of carbonyl (C=O) groups is 1. The highest BCUT2D eigenvalue weighted by molar-refractivity contribution is 9.10. The van der Waals surface area contributed by atoms with Gasteiger partial charge in [-0.3, -0.25) is 4.79 Å². The fourth-order valence-corrected chi connectivity index (χ4v) is 5.00. The van der Waals surface area contributed by atoms with Gasteiger partial charge < -0.3 is 4.74 Å². The van der Waals surface area contributed by atoms with Crippen molar-refractivity contribution >= 4 is 31.7 Å². The molecule has 1 unspecified atom stereocenters. The number of rotatable bonds is 4. The molecule has 3 rings (SSSR count). The van der Waals surface area contributed by atoms with Crippen LogP contribution in [0.25, 0.3) is 0 Å². The third-order valence-corrected chi connectivity index (χ3v) is 7.33. The molecule has 1 aliphatic heterocycles. The molecule has 1 saturated heterocycles. The molecule has 0 aliphatic carbocycles. The number of ether oxygens (including phenoxy) is 1. The molecule has 0 spiro atoms. The Hall–Kier alpha value is -1.75. The molecule has 0 bridgehead atoms. The summed E-state index contributed by atoms with van der Waals surface area (Å²) in [6.45, 7) is -0.573. The van der Waals surface area contributed by atoms with Gasteiger partial charge in [0, 0.05) is 24.5 Å². The lowest BCUT2D eigenvalue weighted by Gasteiger charge is -2.39. The molecule has 5 nitrogen and oxygen atoms in total. The molecule has 1 heterocycles. The molecule has 2 aromatic carbocycles. The zero-order valence-electron chi connectivity index (χ0n) is 15.2. The van der Waals surface area contributed by atoms with Crippen LogP contribution in [0.15, 0.2) is 57.9 Å². The maximum Gasteiger partial charge on any atom is 0.416 e. The van der Waals surface area contributed by atoms with Gasteiger partial charge in [0.05, 0.1) is 17.0 Å². The minimum atomic E-state index is -4.57. The summed E-state index contributed by atoms with van der Waals surface area (Å²) in [6, 6.07) is 10.3. The van der Waals surface area contributed by atoms with Gasteiger partial charge in [-0.25, -0.2) is 8.42 Å². The molecule has 29 heavy (non-hydrogen) atoms. The van der Waals surface area contributed by atoms with Gasteiger partial charge in [0.1, 0.15) is 0 Å². The van der Waals surface area contributed by atoms with Crippen molar-refractivity contribution in [3.63, 3.8) is 0 Å². The number of sulfonamides is 1. The number of ketones is 1. The van der Waals surface area contributed by atoms with Crippen LogP contribution in [-0.4, -0.2) is 38.7 Å². The summed E-state index contributed by atoms with van der Waals surface area (Å²) in [6.07, 6.45) is -4.67. The van der Waals surface area contributed by atoms with Gasteiger partial charge >= 0.3 is 6.18 Å². The van der Waals surface area contributed by atoms with E-state index in [0.717, 1.165) is 16.4 Å². The molecule has 0 radical (unpaired) electrons. The van der Waals surface area contributed by atoms with Crippen LogP contribution in [0.2, 0.25) is 0 Å². The van der Waals surface area contributed by atoms with Crippen molar-refractivity contribution in [1.82, 2.24) is 4.31 Å². The maximum atomic E-state index is 13.1. The maximum absolute atomic E-state index is 13.1. The van der Waals surface area contributed by atoms with Gasteiger partial charge in [0.2, 0.25) is 10.0 Å². The molecular weight excluding hydrogens is 475 g/mol. The smallest absolute Gasteiger partial charge is 0.366 e. The quantitative estimate of drug-likeness (QED) is 0.648. The van der Waals surface area contributed by atoms with Crippen molar-refractivity contribution in [3.8, 4) is 0 Å². The summed E-state index contributed by atoms with van der Waals surface area (Å²) in [5, 5.41) is 0. The van der Waals surface area contributed by atoms with Crippen LogP contribution in [0.1, 0.15) is 17.5 Å². The number of carbonyl (C=O) groups excluding carboxylic acids is 1. The third-order valence-electron chi connectivity index (χ3n) is 4.94. The Morgan fingerprint density at radius 2 is 1.79 bits per heavy atom. The molecule has 0 N–H and O–H groups in total. The number of alkyl halides is 3. The largest absolute Gasteiger partial charge is 0.416 e. The lowest BCUT2D eigenvalue weighted by Crippen LogP contribution is -2.53. The molecule has 10 heteroatoms. The topological polar surface area (TPSA) is 63.7 Å². The highest BCUT2D eigenvalue weighted by Crippen LogP contribution is 2.38. The zero-order valence-corrected chi connectivity index (χ0v) is 17.6. The Balaban J connectivity index is 1.92. The van der Waals surface area contributed by atoms with Crippen molar-refractivity contribution in [3.05, 3.63) is 64.1 Å². The minimum absolute atomic E-state index is 0.0254. The van der Waals surface area contributed by atoms with Crippen LogP contribution in [0.5, 0.6) is 0 Å². The summed E-state index contributed by atoms with van der Waals surface area (Å²) >= 11 is 3.23. The fraction of sp³-hybridized carbons (Fsp3) is 0.316. The number of benzene rings is 2.